The van der Waals surface area contributed by atoms with E-state index in [4.69, 9.17) is 124 Å². The molecule has 0 saturated heterocycles. The van der Waals surface area contributed by atoms with Gasteiger partial charge in [0.2, 0.25) is 0 Å². The fourth-order valence-corrected chi connectivity index (χ4v) is 5.02. The summed E-state index contributed by atoms with van der Waals surface area (Å²) in [5.74, 6) is 0. The van der Waals surface area contributed by atoms with Gasteiger partial charge >= 0.3 is 0 Å². The molecule has 0 aromatic heterocycles. The Balaban J connectivity index is 0. The van der Waals surface area contributed by atoms with Gasteiger partial charge < -0.3 is 124 Å². The minimum atomic E-state index is 0.0269. The summed E-state index contributed by atoms with van der Waals surface area (Å²) in [5, 5.41) is 17.1. The lowest BCUT2D eigenvalue weighted by molar-refractivity contribution is -0.0283. The third-order valence-corrected chi connectivity index (χ3v) is 8.78. The summed E-state index contributed by atoms with van der Waals surface area (Å²) in [4.78, 5) is 0. The monoisotopic (exact) mass is 1120 g/mol. The van der Waals surface area contributed by atoms with E-state index in [1.807, 2.05) is 0 Å². The van der Waals surface area contributed by atoms with Crippen molar-refractivity contribution < 1.29 is 124 Å². The van der Waals surface area contributed by atoms with Gasteiger partial charge in [-0.3, -0.25) is 0 Å². The van der Waals surface area contributed by atoms with Crippen LogP contribution in [0.25, 0.3) is 0 Å². The minimum absolute atomic E-state index is 0.0269. The van der Waals surface area contributed by atoms with Crippen molar-refractivity contribution in [2.24, 2.45) is 0 Å². The maximum Gasteiger partial charge on any atom is 0.0701 e. The Labute approximate surface area is 454 Å². The van der Waals surface area contributed by atoms with Crippen LogP contribution in [0.2, 0.25) is 0 Å². The average molecular weight is 1120 g/mol. The van der Waals surface area contributed by atoms with E-state index in [2.05, 4.69) is 0 Å². The van der Waals surface area contributed by atoms with Crippen LogP contribution in [0.15, 0.2) is 0 Å². The zero-order valence-electron chi connectivity index (χ0n) is 46.6. The van der Waals surface area contributed by atoms with Crippen LogP contribution in [0, 0.1) is 0 Å². The van der Waals surface area contributed by atoms with Crippen LogP contribution in [0.3, 0.4) is 0 Å². The van der Waals surface area contributed by atoms with E-state index in [0.29, 0.717) is 304 Å². The first kappa shape index (κ1) is 77.0. The van der Waals surface area contributed by atoms with Gasteiger partial charge in [-0.05, 0) is 0 Å². The van der Waals surface area contributed by atoms with Gasteiger partial charge in [0.25, 0.3) is 0 Å². The number of hydrogen-bond donors (Lipinski definition) is 2. The lowest BCUT2D eigenvalue weighted by Gasteiger charge is -2.09. The summed E-state index contributed by atoms with van der Waals surface area (Å²) in [6.45, 7) is 23.7. The second-order valence-electron chi connectivity index (χ2n) is 14.9. The molecule has 0 aliphatic rings. The van der Waals surface area contributed by atoms with Crippen LogP contribution < -0.4 is 0 Å². The third-order valence-electron chi connectivity index (χ3n) is 8.78. The molecular formula is C50H104O26. The molecule has 26 nitrogen and oxygen atoms in total. The second kappa shape index (κ2) is 78.2. The number of aliphatic hydroxyl groups is 2. The molecule has 2 N–H and O–H groups in total. The number of rotatable bonds is 70. The van der Waals surface area contributed by atoms with E-state index in [9.17, 15) is 0 Å². The fraction of sp³-hybridized carbons (Fsp3) is 1.00. The zero-order chi connectivity index (χ0) is 54.9. The fourth-order valence-electron chi connectivity index (χ4n) is 5.02. The molecule has 460 valence electrons. The van der Waals surface area contributed by atoms with Gasteiger partial charge in [0.15, 0.2) is 0 Å². The Morgan fingerprint density at radius 1 is 0.132 bits per heavy atom. The molecule has 0 bridgehead atoms. The van der Waals surface area contributed by atoms with Crippen molar-refractivity contribution in [1.29, 1.82) is 0 Å². The molecule has 0 heterocycles. The lowest BCUT2D eigenvalue weighted by atomic mass is 10.6. The van der Waals surface area contributed by atoms with Gasteiger partial charge in [0.05, 0.1) is 317 Å². The topological polar surface area (TPSA) is 262 Å². The Bertz CT molecular complexity index is 815. The van der Waals surface area contributed by atoms with Crippen molar-refractivity contribution in [3.63, 3.8) is 0 Å². The van der Waals surface area contributed by atoms with E-state index in [1.54, 1.807) is 14.2 Å². The molecule has 0 spiro atoms. The molecule has 0 aliphatic heterocycles. The molecule has 0 aliphatic carbocycles. The van der Waals surface area contributed by atoms with Crippen LogP contribution in [0.1, 0.15) is 0 Å². The zero-order valence-corrected chi connectivity index (χ0v) is 46.6. The highest BCUT2D eigenvalue weighted by molar-refractivity contribution is 4.42. The molecule has 0 aromatic carbocycles. The van der Waals surface area contributed by atoms with Gasteiger partial charge in [-0.25, -0.2) is 0 Å². The predicted octanol–water partition coefficient (Wildman–Crippen LogP) is -0.385. The Morgan fingerprint density at radius 2 is 0.211 bits per heavy atom. The Kier molecular flexibility index (Phi) is 79.2. The van der Waals surface area contributed by atoms with Gasteiger partial charge in [-0.15, -0.1) is 0 Å². The van der Waals surface area contributed by atoms with Crippen molar-refractivity contribution in [2.75, 3.05) is 331 Å². The SMILES string of the molecule is COCCOCCOCCOCCOCCOCCOCCOCCOCCOCCOCCOCCO.COCCOCCOCCOCCOCCOCCOCCOCCOCCOCCOCCOCCO. The number of aliphatic hydroxyl groups excluding tert-OH is 2. The summed E-state index contributed by atoms with van der Waals surface area (Å²) in [5.41, 5.74) is 0. The standard InChI is InChI=1S/2C25H52O13/c2*1-27-4-5-29-8-9-31-12-13-33-16-17-35-20-21-37-24-25-38-23-22-36-19-18-34-15-14-32-11-10-30-7-6-28-3-2-26/h2*26H,2-25H2,1H3. The van der Waals surface area contributed by atoms with E-state index >= 15 is 0 Å². The third kappa shape index (κ3) is 79.4. The highest BCUT2D eigenvalue weighted by Gasteiger charge is 1.99. The summed E-state index contributed by atoms with van der Waals surface area (Å²) >= 11 is 0. The van der Waals surface area contributed by atoms with Crippen LogP contribution in [0.4, 0.5) is 0 Å². The van der Waals surface area contributed by atoms with Crippen molar-refractivity contribution >= 4 is 0 Å². The van der Waals surface area contributed by atoms with Gasteiger partial charge in [-0.1, -0.05) is 0 Å². The van der Waals surface area contributed by atoms with E-state index in [0.717, 1.165) is 0 Å². The molecular weight excluding hydrogens is 1020 g/mol. The Hall–Kier alpha value is -1.04. The van der Waals surface area contributed by atoms with Crippen LogP contribution in [-0.4, -0.2) is 342 Å². The molecule has 0 atom stereocenters. The van der Waals surface area contributed by atoms with Crippen LogP contribution >= 0.6 is 0 Å². The summed E-state index contributed by atoms with van der Waals surface area (Å²) in [6.07, 6.45) is 0. The normalized spacial score (nSPS) is 11.5. The minimum Gasteiger partial charge on any atom is -0.394 e. The largest absolute Gasteiger partial charge is 0.394 e. The molecule has 0 amide bonds. The lowest BCUT2D eigenvalue weighted by Crippen LogP contribution is -2.15. The number of ether oxygens (including phenoxy) is 24. The molecule has 0 unspecified atom stereocenters. The smallest absolute Gasteiger partial charge is 0.0701 e. The second-order valence-corrected chi connectivity index (χ2v) is 14.9. The van der Waals surface area contributed by atoms with Crippen molar-refractivity contribution in [1.82, 2.24) is 0 Å². The maximum atomic E-state index is 8.56. The predicted molar refractivity (Wildman–Crippen MR) is 276 cm³/mol. The summed E-state index contributed by atoms with van der Waals surface area (Å²) in [6, 6.07) is 0. The van der Waals surface area contributed by atoms with Gasteiger partial charge in [-0.2, -0.15) is 0 Å². The number of methoxy groups -OCH3 is 2. The first-order valence-electron chi connectivity index (χ1n) is 26.7. The first-order chi connectivity index (χ1) is 37.8. The summed E-state index contributed by atoms with van der Waals surface area (Å²) < 4.78 is 128. The summed E-state index contributed by atoms with van der Waals surface area (Å²) in [7, 11) is 3.29. The molecule has 26 heteroatoms. The van der Waals surface area contributed by atoms with Crippen molar-refractivity contribution in [3.05, 3.63) is 0 Å². The molecule has 0 saturated carbocycles. The Morgan fingerprint density at radius 3 is 0.289 bits per heavy atom. The van der Waals surface area contributed by atoms with Gasteiger partial charge in [0, 0.05) is 14.2 Å². The molecule has 0 rings (SSSR count). The highest BCUT2D eigenvalue weighted by atomic mass is 16.6. The van der Waals surface area contributed by atoms with Crippen molar-refractivity contribution in [2.45, 2.75) is 0 Å². The average Bonchev–Trinajstić information content (AvgIpc) is 3.43. The highest BCUT2D eigenvalue weighted by Crippen LogP contribution is 1.90. The quantitative estimate of drug-likeness (QED) is 0.0736. The van der Waals surface area contributed by atoms with Crippen molar-refractivity contribution in [3.8, 4) is 0 Å². The molecule has 76 heavy (non-hydrogen) atoms. The van der Waals surface area contributed by atoms with E-state index < -0.39 is 0 Å². The number of hydrogen-bond acceptors (Lipinski definition) is 26. The first-order valence-corrected chi connectivity index (χ1v) is 26.7. The van der Waals surface area contributed by atoms with E-state index in [1.165, 1.54) is 0 Å². The molecule has 0 fully saturated rings. The maximum absolute atomic E-state index is 8.56. The molecule has 0 radical (unpaired) electrons. The van der Waals surface area contributed by atoms with Gasteiger partial charge in [0.1, 0.15) is 0 Å². The van der Waals surface area contributed by atoms with Crippen LogP contribution in [-0.2, 0) is 114 Å². The van der Waals surface area contributed by atoms with Crippen LogP contribution in [0.5, 0.6) is 0 Å². The van der Waals surface area contributed by atoms with E-state index in [-0.39, 0.29) is 13.2 Å². The molecule has 0 aromatic rings.